The minimum Gasteiger partial charge on any atom is -0.493 e. The molecule has 0 bridgehead atoms. The maximum Gasteiger partial charge on any atom is 0.248 e. The number of rotatable bonds is 3. The zero-order valence-electron chi connectivity index (χ0n) is 12.4. The average molecular weight is 288 g/mol. The number of hydrogen-bond donors (Lipinski definition) is 1. The van der Waals surface area contributed by atoms with Crippen LogP contribution in [-0.4, -0.2) is 41.9 Å². The molecule has 0 unspecified atom stereocenters. The summed E-state index contributed by atoms with van der Waals surface area (Å²) in [5.74, 6) is 0.654. The van der Waals surface area contributed by atoms with Gasteiger partial charge in [-0.3, -0.25) is 19.8 Å². The number of nitrogens with zero attached hydrogens (tertiary/aromatic N) is 1. The Bertz CT molecular complexity index is 595. The van der Waals surface area contributed by atoms with Gasteiger partial charge in [0.15, 0.2) is 0 Å². The fraction of sp³-hybridized carbons (Fsp3) is 0.500. The predicted octanol–water partition coefficient (Wildman–Crippen LogP) is 0.901. The maximum atomic E-state index is 12.3. The molecule has 2 amide bonds. The van der Waals surface area contributed by atoms with E-state index in [0.717, 1.165) is 24.3 Å². The minimum absolute atomic E-state index is 0.149. The minimum atomic E-state index is -0.667. The Labute approximate surface area is 124 Å². The summed E-state index contributed by atoms with van der Waals surface area (Å²) in [5.41, 5.74) is 1.68. The number of piperazine rings is 1. The van der Waals surface area contributed by atoms with Crippen LogP contribution in [-0.2, 0) is 22.4 Å². The van der Waals surface area contributed by atoms with Gasteiger partial charge in [-0.05, 0) is 37.5 Å². The van der Waals surface area contributed by atoms with Crippen molar-refractivity contribution in [3.8, 4) is 5.75 Å². The lowest BCUT2D eigenvalue weighted by Gasteiger charge is -2.36. The number of benzene rings is 1. The number of carbonyl (C=O) groups is 2. The SMILES string of the molecule is CC1(C)NCC(=O)N(CCc2ccc3c(c2)CCO3)C1=O. The van der Waals surface area contributed by atoms with Crippen LogP contribution >= 0.6 is 0 Å². The number of ether oxygens (including phenoxy) is 1. The summed E-state index contributed by atoms with van der Waals surface area (Å²) < 4.78 is 5.48. The van der Waals surface area contributed by atoms with Gasteiger partial charge in [-0.2, -0.15) is 0 Å². The zero-order valence-corrected chi connectivity index (χ0v) is 12.4. The number of nitrogens with one attached hydrogen (secondary N) is 1. The van der Waals surface area contributed by atoms with Gasteiger partial charge in [0.1, 0.15) is 5.75 Å². The van der Waals surface area contributed by atoms with E-state index in [4.69, 9.17) is 4.74 Å². The molecule has 1 saturated heterocycles. The van der Waals surface area contributed by atoms with Gasteiger partial charge in [0.2, 0.25) is 11.8 Å². The van der Waals surface area contributed by atoms with Crippen LogP contribution in [0, 0.1) is 0 Å². The molecule has 21 heavy (non-hydrogen) atoms. The van der Waals surface area contributed by atoms with Crippen molar-refractivity contribution in [2.75, 3.05) is 19.7 Å². The zero-order chi connectivity index (χ0) is 15.0. The molecule has 3 rings (SSSR count). The number of imide groups is 1. The van der Waals surface area contributed by atoms with E-state index in [-0.39, 0.29) is 18.4 Å². The average Bonchev–Trinajstić information content (AvgIpc) is 2.91. The summed E-state index contributed by atoms with van der Waals surface area (Å²) in [6.45, 7) is 5.00. The normalized spacial score (nSPS) is 20.4. The number of hydrogen-bond acceptors (Lipinski definition) is 4. The molecule has 5 nitrogen and oxygen atoms in total. The van der Waals surface area contributed by atoms with Crippen molar-refractivity contribution in [1.29, 1.82) is 0 Å². The Hall–Kier alpha value is -1.88. The fourth-order valence-corrected chi connectivity index (χ4v) is 2.78. The molecule has 0 aliphatic carbocycles. The number of fused-ring (bicyclic) bond motifs is 1. The maximum absolute atomic E-state index is 12.3. The van der Waals surface area contributed by atoms with Crippen LogP contribution in [0.1, 0.15) is 25.0 Å². The lowest BCUT2D eigenvalue weighted by molar-refractivity contribution is -0.152. The molecule has 112 valence electrons. The first-order valence-electron chi connectivity index (χ1n) is 7.32. The monoisotopic (exact) mass is 288 g/mol. The van der Waals surface area contributed by atoms with Gasteiger partial charge in [-0.1, -0.05) is 12.1 Å². The van der Waals surface area contributed by atoms with Gasteiger partial charge >= 0.3 is 0 Å². The lowest BCUT2D eigenvalue weighted by Crippen LogP contribution is -2.63. The third kappa shape index (κ3) is 2.65. The third-order valence-electron chi connectivity index (χ3n) is 4.14. The molecular formula is C16H20N2O3. The van der Waals surface area contributed by atoms with Crippen molar-refractivity contribution in [2.45, 2.75) is 32.2 Å². The highest BCUT2D eigenvalue weighted by molar-refractivity contribution is 6.03. The molecule has 1 aromatic carbocycles. The predicted molar refractivity (Wildman–Crippen MR) is 78.1 cm³/mol. The Morgan fingerprint density at radius 3 is 2.95 bits per heavy atom. The highest BCUT2D eigenvalue weighted by Crippen LogP contribution is 2.26. The highest BCUT2D eigenvalue weighted by atomic mass is 16.5. The number of amides is 2. The third-order valence-corrected chi connectivity index (χ3v) is 4.14. The van der Waals surface area contributed by atoms with Gasteiger partial charge in [-0.15, -0.1) is 0 Å². The Balaban J connectivity index is 1.69. The first kappa shape index (κ1) is 14.1. The van der Waals surface area contributed by atoms with Gasteiger partial charge < -0.3 is 4.74 Å². The molecule has 5 heteroatoms. The second kappa shape index (κ2) is 5.15. The molecule has 2 heterocycles. The molecule has 2 aliphatic rings. The van der Waals surface area contributed by atoms with Crippen LogP contribution in [0.25, 0.3) is 0 Å². The van der Waals surface area contributed by atoms with Crippen LogP contribution in [0.3, 0.4) is 0 Å². The van der Waals surface area contributed by atoms with Gasteiger partial charge in [-0.25, -0.2) is 0 Å². The van der Waals surface area contributed by atoms with Crippen LogP contribution in [0.15, 0.2) is 18.2 Å². The molecule has 2 aliphatic heterocycles. The van der Waals surface area contributed by atoms with Crippen molar-refractivity contribution in [2.24, 2.45) is 0 Å². The van der Waals surface area contributed by atoms with Crippen LogP contribution in [0.4, 0.5) is 0 Å². The summed E-state index contributed by atoms with van der Waals surface area (Å²) in [6, 6.07) is 6.10. The molecule has 0 atom stereocenters. The van der Waals surface area contributed by atoms with E-state index in [2.05, 4.69) is 11.4 Å². The number of carbonyl (C=O) groups excluding carboxylic acids is 2. The molecular weight excluding hydrogens is 268 g/mol. The smallest absolute Gasteiger partial charge is 0.248 e. The van der Waals surface area contributed by atoms with Crippen molar-refractivity contribution in [1.82, 2.24) is 10.2 Å². The molecule has 0 radical (unpaired) electrons. The van der Waals surface area contributed by atoms with Crippen molar-refractivity contribution < 1.29 is 14.3 Å². The standard InChI is InChI=1S/C16H20N2O3/c1-16(2)15(20)18(14(19)10-17-16)7-5-11-3-4-13-12(9-11)6-8-21-13/h3-4,9,17H,5-8,10H2,1-2H3. The van der Waals surface area contributed by atoms with Crippen LogP contribution in [0.5, 0.6) is 5.75 Å². The molecule has 0 spiro atoms. The van der Waals surface area contributed by atoms with Crippen LogP contribution < -0.4 is 10.1 Å². The molecule has 0 saturated carbocycles. The highest BCUT2D eigenvalue weighted by Gasteiger charge is 2.39. The van der Waals surface area contributed by atoms with Gasteiger partial charge in [0.05, 0.1) is 18.7 Å². The second-order valence-electron chi connectivity index (χ2n) is 6.12. The van der Waals surface area contributed by atoms with E-state index >= 15 is 0 Å². The summed E-state index contributed by atoms with van der Waals surface area (Å²) in [7, 11) is 0. The summed E-state index contributed by atoms with van der Waals surface area (Å²) in [6.07, 6.45) is 1.61. The quantitative estimate of drug-likeness (QED) is 0.840. The van der Waals surface area contributed by atoms with Gasteiger partial charge in [0.25, 0.3) is 0 Å². The largest absolute Gasteiger partial charge is 0.493 e. The van der Waals surface area contributed by atoms with Crippen molar-refractivity contribution in [3.63, 3.8) is 0 Å². The van der Waals surface area contributed by atoms with E-state index in [1.165, 1.54) is 10.5 Å². The first-order valence-corrected chi connectivity index (χ1v) is 7.32. The van der Waals surface area contributed by atoms with Crippen LogP contribution in [0.2, 0.25) is 0 Å². The lowest BCUT2D eigenvalue weighted by atomic mass is 9.99. The fourth-order valence-electron chi connectivity index (χ4n) is 2.78. The summed E-state index contributed by atoms with van der Waals surface area (Å²) in [4.78, 5) is 25.6. The van der Waals surface area contributed by atoms with E-state index in [1.807, 2.05) is 26.0 Å². The van der Waals surface area contributed by atoms with E-state index in [9.17, 15) is 9.59 Å². The second-order valence-corrected chi connectivity index (χ2v) is 6.12. The van der Waals surface area contributed by atoms with Crippen molar-refractivity contribution in [3.05, 3.63) is 29.3 Å². The first-order chi connectivity index (χ1) is 9.97. The van der Waals surface area contributed by atoms with E-state index in [1.54, 1.807) is 0 Å². The summed E-state index contributed by atoms with van der Waals surface area (Å²) in [5, 5.41) is 2.96. The Kier molecular flexibility index (Phi) is 3.45. The van der Waals surface area contributed by atoms with E-state index in [0.29, 0.717) is 13.0 Å². The molecule has 1 fully saturated rings. The topological polar surface area (TPSA) is 58.6 Å². The molecule has 1 aromatic rings. The summed E-state index contributed by atoms with van der Waals surface area (Å²) >= 11 is 0. The molecule has 0 aromatic heterocycles. The Morgan fingerprint density at radius 2 is 2.14 bits per heavy atom. The molecule has 1 N–H and O–H groups in total. The Morgan fingerprint density at radius 1 is 1.33 bits per heavy atom. The van der Waals surface area contributed by atoms with E-state index < -0.39 is 5.54 Å². The van der Waals surface area contributed by atoms with Gasteiger partial charge in [0, 0.05) is 13.0 Å². The van der Waals surface area contributed by atoms with Crippen molar-refractivity contribution >= 4 is 11.8 Å².